The van der Waals surface area contributed by atoms with E-state index in [0.717, 1.165) is 31.0 Å². The third-order valence-corrected chi connectivity index (χ3v) is 9.46. The van der Waals surface area contributed by atoms with Crippen molar-refractivity contribution in [3.05, 3.63) is 23.2 Å². The van der Waals surface area contributed by atoms with Gasteiger partial charge in [-0.05, 0) is 44.2 Å². The van der Waals surface area contributed by atoms with Crippen molar-refractivity contribution in [2.45, 2.75) is 66.9 Å². The summed E-state index contributed by atoms with van der Waals surface area (Å²) in [4.78, 5) is 14.5. The maximum absolute atomic E-state index is 13.4. The molecule has 0 spiro atoms. The molecular formula is C22H25ClF3N3O4S. The summed E-state index contributed by atoms with van der Waals surface area (Å²) in [5.74, 6) is -0.291. The molecule has 2 saturated carbocycles. The number of ether oxygens (including phenoxy) is 1. The van der Waals surface area contributed by atoms with Gasteiger partial charge in [-0.3, -0.25) is 10.1 Å². The van der Waals surface area contributed by atoms with Crippen LogP contribution in [0.15, 0.2) is 23.1 Å². The fraction of sp³-hybridized carbons (Fsp3) is 0.636. The molecule has 0 bridgehead atoms. The lowest BCUT2D eigenvalue weighted by molar-refractivity contribution is -0.153. The molecule has 1 heterocycles. The molecule has 34 heavy (non-hydrogen) atoms. The van der Waals surface area contributed by atoms with E-state index in [1.54, 1.807) is 4.90 Å². The fourth-order valence-electron chi connectivity index (χ4n) is 4.20. The average Bonchev–Trinajstić information content (AvgIpc) is 3.67. The highest BCUT2D eigenvalue weighted by atomic mass is 35.5. The SMILES string of the molecule is CC1(C(=O)N2CC(S(=O)(=O)c3ccc(OCC(F)(F)F)cc3Cl)CC2CNC2(C#N)CC2)CC1. The van der Waals surface area contributed by atoms with Crippen LogP contribution in [-0.2, 0) is 14.6 Å². The first kappa shape index (κ1) is 25.1. The maximum atomic E-state index is 13.4. The number of carbonyl (C=O) groups excluding carboxylic acids is 1. The molecule has 3 aliphatic rings. The number of rotatable bonds is 8. The molecule has 1 amide bonds. The molecule has 0 radical (unpaired) electrons. The van der Waals surface area contributed by atoms with E-state index >= 15 is 0 Å². The number of hydrogen-bond acceptors (Lipinski definition) is 6. The Morgan fingerprint density at radius 3 is 2.53 bits per heavy atom. The summed E-state index contributed by atoms with van der Waals surface area (Å²) >= 11 is 6.14. The number of benzene rings is 1. The molecule has 3 fully saturated rings. The van der Waals surface area contributed by atoms with Crippen LogP contribution in [0.1, 0.15) is 39.0 Å². The van der Waals surface area contributed by atoms with Crippen LogP contribution in [0.25, 0.3) is 0 Å². The van der Waals surface area contributed by atoms with E-state index in [9.17, 15) is 31.6 Å². The summed E-state index contributed by atoms with van der Waals surface area (Å²) in [6, 6.07) is 5.15. The Kier molecular flexibility index (Phi) is 6.32. The second-order valence-electron chi connectivity index (χ2n) is 9.65. The van der Waals surface area contributed by atoms with Crippen molar-refractivity contribution in [3.63, 3.8) is 0 Å². The summed E-state index contributed by atoms with van der Waals surface area (Å²) in [6.45, 7) is 0.632. The number of nitrogens with zero attached hydrogens (tertiary/aromatic N) is 2. The molecule has 1 aliphatic heterocycles. The summed E-state index contributed by atoms with van der Waals surface area (Å²) < 4.78 is 68.7. The summed E-state index contributed by atoms with van der Waals surface area (Å²) in [6.07, 6.45) is -1.46. The van der Waals surface area contributed by atoms with Crippen molar-refractivity contribution in [1.29, 1.82) is 5.26 Å². The second kappa shape index (κ2) is 8.57. The third kappa shape index (κ3) is 5.14. The first-order valence-corrected chi connectivity index (χ1v) is 12.9. The molecule has 12 heteroatoms. The van der Waals surface area contributed by atoms with Crippen LogP contribution in [0.2, 0.25) is 5.02 Å². The van der Waals surface area contributed by atoms with Crippen LogP contribution >= 0.6 is 11.6 Å². The Hall–Kier alpha value is -2.03. The van der Waals surface area contributed by atoms with Crippen LogP contribution in [0.3, 0.4) is 0 Å². The van der Waals surface area contributed by atoms with Crippen molar-refractivity contribution in [2.24, 2.45) is 5.41 Å². The lowest BCUT2D eigenvalue weighted by atomic mass is 10.1. The lowest BCUT2D eigenvalue weighted by Crippen LogP contribution is -2.46. The van der Waals surface area contributed by atoms with Gasteiger partial charge in [0.15, 0.2) is 16.4 Å². The van der Waals surface area contributed by atoms with Gasteiger partial charge in [0.1, 0.15) is 11.3 Å². The number of alkyl halides is 3. The molecule has 2 atom stereocenters. The van der Waals surface area contributed by atoms with Crippen molar-refractivity contribution in [3.8, 4) is 11.8 Å². The number of nitrogens with one attached hydrogen (secondary N) is 1. The second-order valence-corrected chi connectivity index (χ2v) is 12.2. The molecule has 0 aromatic heterocycles. The third-order valence-electron chi connectivity index (χ3n) is 6.84. The number of likely N-dealkylation sites (tertiary alicyclic amines) is 1. The van der Waals surface area contributed by atoms with Gasteiger partial charge in [0.25, 0.3) is 0 Å². The van der Waals surface area contributed by atoms with Gasteiger partial charge in [-0.15, -0.1) is 0 Å². The Morgan fingerprint density at radius 1 is 1.32 bits per heavy atom. The summed E-state index contributed by atoms with van der Waals surface area (Å²) in [5.41, 5.74) is -1.09. The van der Waals surface area contributed by atoms with Gasteiger partial charge in [-0.25, -0.2) is 8.42 Å². The lowest BCUT2D eigenvalue weighted by Gasteiger charge is -2.28. The van der Waals surface area contributed by atoms with Gasteiger partial charge in [-0.2, -0.15) is 18.4 Å². The fourth-order valence-corrected chi connectivity index (χ4v) is 6.48. The van der Waals surface area contributed by atoms with Gasteiger partial charge in [0, 0.05) is 30.6 Å². The molecule has 186 valence electrons. The molecule has 1 aromatic rings. The number of amides is 1. The zero-order valence-electron chi connectivity index (χ0n) is 18.5. The Morgan fingerprint density at radius 2 is 2.00 bits per heavy atom. The molecule has 1 N–H and O–H groups in total. The van der Waals surface area contributed by atoms with Crippen molar-refractivity contribution >= 4 is 27.3 Å². The Labute approximate surface area is 201 Å². The smallest absolute Gasteiger partial charge is 0.422 e. The quantitative estimate of drug-likeness (QED) is 0.564. The highest BCUT2D eigenvalue weighted by Gasteiger charge is 2.53. The number of carbonyl (C=O) groups is 1. The van der Waals surface area contributed by atoms with Crippen LogP contribution in [-0.4, -0.2) is 61.9 Å². The van der Waals surface area contributed by atoms with Gasteiger partial charge < -0.3 is 9.64 Å². The standard InChI is InChI=1S/C22H25ClF3N3O4S/c1-20(4-5-20)19(30)29-11-16(8-14(29)10-28-21(12-27)6-7-21)34(31,32)18-3-2-15(9-17(18)23)33-13-22(24,25)26/h2-3,9,14,16,28H,4-8,10-11,13H2,1H3. The predicted molar refractivity (Wildman–Crippen MR) is 117 cm³/mol. The van der Waals surface area contributed by atoms with E-state index < -0.39 is 44.9 Å². The summed E-state index contributed by atoms with van der Waals surface area (Å²) in [5, 5.41) is 11.4. The number of nitriles is 1. The van der Waals surface area contributed by atoms with Crippen LogP contribution in [0.4, 0.5) is 13.2 Å². The topological polar surface area (TPSA) is 99.5 Å². The zero-order valence-corrected chi connectivity index (χ0v) is 20.1. The van der Waals surface area contributed by atoms with Gasteiger partial charge in [0.05, 0.1) is 21.2 Å². The molecule has 2 unspecified atom stereocenters. The number of sulfone groups is 1. The molecule has 4 rings (SSSR count). The highest BCUT2D eigenvalue weighted by Crippen LogP contribution is 2.48. The van der Waals surface area contributed by atoms with Crippen molar-refractivity contribution in [1.82, 2.24) is 10.2 Å². The molecule has 1 aromatic carbocycles. The Bertz CT molecular complexity index is 1130. The minimum atomic E-state index is -4.54. The van der Waals surface area contributed by atoms with Crippen LogP contribution in [0.5, 0.6) is 5.75 Å². The van der Waals surface area contributed by atoms with E-state index in [0.29, 0.717) is 19.4 Å². The molecule has 2 aliphatic carbocycles. The molecule has 1 saturated heterocycles. The molecular weight excluding hydrogens is 495 g/mol. The first-order valence-electron chi connectivity index (χ1n) is 11.0. The van der Waals surface area contributed by atoms with Crippen molar-refractivity contribution < 1.29 is 31.1 Å². The molecule has 7 nitrogen and oxygen atoms in total. The van der Waals surface area contributed by atoms with E-state index in [-0.39, 0.29) is 34.5 Å². The van der Waals surface area contributed by atoms with E-state index in [2.05, 4.69) is 16.1 Å². The summed E-state index contributed by atoms with van der Waals surface area (Å²) in [7, 11) is -3.99. The predicted octanol–water partition coefficient (Wildman–Crippen LogP) is 3.47. The van der Waals surface area contributed by atoms with Crippen molar-refractivity contribution in [2.75, 3.05) is 19.7 Å². The highest BCUT2D eigenvalue weighted by molar-refractivity contribution is 7.92. The monoisotopic (exact) mass is 519 g/mol. The minimum absolute atomic E-state index is 0.00862. The van der Waals surface area contributed by atoms with E-state index in [1.807, 2.05) is 6.92 Å². The number of halogens is 4. The van der Waals surface area contributed by atoms with Gasteiger partial charge >= 0.3 is 6.18 Å². The van der Waals surface area contributed by atoms with Gasteiger partial charge in [0.2, 0.25) is 5.91 Å². The zero-order chi connectivity index (χ0) is 24.9. The van der Waals surface area contributed by atoms with E-state index in [4.69, 9.17) is 11.6 Å². The van der Waals surface area contributed by atoms with E-state index in [1.165, 1.54) is 0 Å². The normalized spacial score (nSPS) is 25.0. The maximum Gasteiger partial charge on any atom is 0.422 e. The Balaban J connectivity index is 1.52. The van der Waals surface area contributed by atoms with Gasteiger partial charge in [-0.1, -0.05) is 18.5 Å². The average molecular weight is 520 g/mol. The number of hydrogen-bond donors (Lipinski definition) is 1. The van der Waals surface area contributed by atoms with Crippen LogP contribution in [0, 0.1) is 16.7 Å². The minimum Gasteiger partial charge on any atom is -0.484 e. The first-order chi connectivity index (χ1) is 15.8. The van der Waals surface area contributed by atoms with Crippen LogP contribution < -0.4 is 10.1 Å². The largest absolute Gasteiger partial charge is 0.484 e.